The van der Waals surface area contributed by atoms with E-state index in [1.807, 2.05) is 18.2 Å². The minimum Gasteiger partial charge on any atom is -0.497 e. The number of nitrogens with one attached hydrogen (secondary N) is 1. The van der Waals surface area contributed by atoms with Crippen molar-refractivity contribution in [1.82, 2.24) is 10.2 Å². The van der Waals surface area contributed by atoms with E-state index in [4.69, 9.17) is 9.47 Å². The molecule has 2 aliphatic rings. The van der Waals surface area contributed by atoms with E-state index < -0.39 is 0 Å². The van der Waals surface area contributed by atoms with Crippen LogP contribution in [0.5, 0.6) is 11.5 Å². The molecule has 25 heavy (non-hydrogen) atoms. The zero-order chi connectivity index (χ0) is 17.6. The zero-order valence-corrected chi connectivity index (χ0v) is 14.8. The molecule has 0 unspecified atom stereocenters. The third-order valence-electron chi connectivity index (χ3n) is 4.88. The van der Waals surface area contributed by atoms with Crippen LogP contribution in [-0.2, 0) is 16.0 Å². The summed E-state index contributed by atoms with van der Waals surface area (Å²) in [5.74, 6) is 2.09. The highest BCUT2D eigenvalue weighted by Gasteiger charge is 2.22. The summed E-state index contributed by atoms with van der Waals surface area (Å²) < 4.78 is 11.0. The second kappa shape index (κ2) is 8.23. The number of methoxy groups -OCH3 is 1. The molecule has 1 saturated heterocycles. The molecule has 1 aromatic carbocycles. The maximum Gasteiger partial charge on any atom is 0.222 e. The molecule has 0 aromatic heterocycles. The van der Waals surface area contributed by atoms with Crippen molar-refractivity contribution >= 4 is 11.8 Å². The molecule has 3 rings (SSSR count). The minimum absolute atomic E-state index is 0.00102. The van der Waals surface area contributed by atoms with Crippen molar-refractivity contribution in [2.24, 2.45) is 5.92 Å². The Morgan fingerprint density at radius 3 is 3.08 bits per heavy atom. The fraction of sp³-hybridized carbons (Fsp3) is 0.579. The van der Waals surface area contributed by atoms with Crippen molar-refractivity contribution in [3.8, 4) is 11.5 Å². The number of carbonyl (C=O) groups is 2. The van der Waals surface area contributed by atoms with Crippen LogP contribution in [0.25, 0.3) is 0 Å². The van der Waals surface area contributed by atoms with Gasteiger partial charge in [-0.15, -0.1) is 0 Å². The molecule has 1 aromatic rings. The molecule has 2 heterocycles. The lowest BCUT2D eigenvalue weighted by Gasteiger charge is -2.27. The summed E-state index contributed by atoms with van der Waals surface area (Å²) in [6.45, 7) is 2.49. The van der Waals surface area contributed by atoms with Gasteiger partial charge in [-0.25, -0.2) is 0 Å². The van der Waals surface area contributed by atoms with E-state index in [0.29, 0.717) is 32.5 Å². The van der Waals surface area contributed by atoms with E-state index in [0.717, 1.165) is 42.9 Å². The highest BCUT2D eigenvalue weighted by molar-refractivity contribution is 5.79. The Labute approximate surface area is 148 Å². The van der Waals surface area contributed by atoms with Gasteiger partial charge >= 0.3 is 0 Å². The number of benzene rings is 1. The minimum atomic E-state index is -0.00102. The van der Waals surface area contributed by atoms with E-state index in [2.05, 4.69) is 5.32 Å². The average Bonchev–Trinajstić information content (AvgIpc) is 2.65. The maximum absolute atomic E-state index is 12.1. The van der Waals surface area contributed by atoms with Crippen molar-refractivity contribution in [2.75, 3.05) is 33.4 Å². The van der Waals surface area contributed by atoms with Gasteiger partial charge in [-0.3, -0.25) is 9.59 Å². The van der Waals surface area contributed by atoms with Crippen LogP contribution in [0.3, 0.4) is 0 Å². The lowest BCUT2D eigenvalue weighted by molar-refractivity contribution is -0.133. The molecule has 0 spiro atoms. The van der Waals surface area contributed by atoms with Gasteiger partial charge in [0.1, 0.15) is 11.5 Å². The van der Waals surface area contributed by atoms with Crippen LogP contribution in [0, 0.1) is 5.92 Å². The maximum atomic E-state index is 12.1. The molecule has 6 heteroatoms. The summed E-state index contributed by atoms with van der Waals surface area (Å²) in [4.78, 5) is 25.6. The van der Waals surface area contributed by atoms with Crippen LogP contribution in [-0.4, -0.2) is 50.1 Å². The number of likely N-dealkylation sites (tertiary alicyclic amines) is 1. The Morgan fingerprint density at radius 1 is 1.40 bits per heavy atom. The molecule has 2 amide bonds. The van der Waals surface area contributed by atoms with Gasteiger partial charge < -0.3 is 19.7 Å². The molecule has 136 valence electrons. The van der Waals surface area contributed by atoms with Gasteiger partial charge in [0.05, 0.1) is 13.7 Å². The fourth-order valence-corrected chi connectivity index (χ4v) is 3.35. The topological polar surface area (TPSA) is 67.9 Å². The summed E-state index contributed by atoms with van der Waals surface area (Å²) in [5, 5.41) is 2.98. The summed E-state index contributed by atoms with van der Waals surface area (Å²) in [6.07, 6.45) is 3.87. The van der Waals surface area contributed by atoms with E-state index in [-0.39, 0.29) is 17.7 Å². The van der Waals surface area contributed by atoms with Crippen LogP contribution in [0.15, 0.2) is 18.2 Å². The summed E-state index contributed by atoms with van der Waals surface area (Å²) in [5.41, 5.74) is 1.14. The lowest BCUT2D eigenvalue weighted by Crippen LogP contribution is -2.39. The van der Waals surface area contributed by atoms with Crippen LogP contribution in [0.2, 0.25) is 0 Å². The highest BCUT2D eigenvalue weighted by atomic mass is 16.5. The van der Waals surface area contributed by atoms with E-state index in [1.54, 1.807) is 12.0 Å². The van der Waals surface area contributed by atoms with Gasteiger partial charge in [-0.1, -0.05) is 6.07 Å². The first-order valence-electron chi connectivity index (χ1n) is 9.00. The van der Waals surface area contributed by atoms with Gasteiger partial charge in [-0.05, 0) is 30.9 Å². The van der Waals surface area contributed by atoms with Crippen LogP contribution in [0.4, 0.5) is 0 Å². The third kappa shape index (κ3) is 4.65. The zero-order valence-electron chi connectivity index (χ0n) is 14.8. The van der Waals surface area contributed by atoms with Crippen molar-refractivity contribution < 1.29 is 19.1 Å². The summed E-state index contributed by atoms with van der Waals surface area (Å²) in [6, 6.07) is 5.85. The largest absolute Gasteiger partial charge is 0.497 e. The van der Waals surface area contributed by atoms with Crippen molar-refractivity contribution in [1.29, 1.82) is 0 Å². The van der Waals surface area contributed by atoms with Gasteiger partial charge in [0.2, 0.25) is 11.8 Å². The number of carbonyl (C=O) groups excluding carboxylic acids is 2. The third-order valence-corrected chi connectivity index (χ3v) is 4.88. The SMILES string of the molecule is COc1ccc2c(c1)OC[C@H](CNC(=O)CCN1CCCCC1=O)C2. The molecule has 6 nitrogen and oxygen atoms in total. The fourth-order valence-electron chi connectivity index (χ4n) is 3.35. The normalized spacial score (nSPS) is 19.8. The number of fused-ring (bicyclic) bond motifs is 1. The molecular weight excluding hydrogens is 320 g/mol. The van der Waals surface area contributed by atoms with Crippen molar-refractivity contribution in [3.05, 3.63) is 23.8 Å². The predicted octanol–water partition coefficient (Wildman–Crippen LogP) is 1.77. The molecule has 1 N–H and O–H groups in total. The van der Waals surface area contributed by atoms with E-state index in [9.17, 15) is 9.59 Å². The van der Waals surface area contributed by atoms with Crippen molar-refractivity contribution in [2.45, 2.75) is 32.1 Å². The van der Waals surface area contributed by atoms with E-state index >= 15 is 0 Å². The lowest BCUT2D eigenvalue weighted by atomic mass is 9.96. The highest BCUT2D eigenvalue weighted by Crippen LogP contribution is 2.30. The number of hydrogen-bond donors (Lipinski definition) is 1. The number of nitrogens with zero attached hydrogens (tertiary/aromatic N) is 1. The van der Waals surface area contributed by atoms with Crippen LogP contribution in [0.1, 0.15) is 31.2 Å². The first-order chi connectivity index (χ1) is 12.2. The summed E-state index contributed by atoms with van der Waals surface area (Å²) >= 11 is 0. The standard InChI is InChI=1S/C19H26N2O4/c1-24-16-6-5-15-10-14(13-25-17(15)11-16)12-20-18(22)7-9-21-8-3-2-4-19(21)23/h5-6,11,14H,2-4,7-10,12-13H2,1H3,(H,20,22)/t14-/m0/s1. The number of amides is 2. The number of ether oxygens (including phenoxy) is 2. The molecule has 1 fully saturated rings. The van der Waals surface area contributed by atoms with Crippen LogP contribution >= 0.6 is 0 Å². The van der Waals surface area contributed by atoms with Crippen molar-refractivity contribution in [3.63, 3.8) is 0 Å². The van der Waals surface area contributed by atoms with Gasteiger partial charge in [0.15, 0.2) is 0 Å². The second-order valence-electron chi connectivity index (χ2n) is 6.75. The smallest absolute Gasteiger partial charge is 0.222 e. The Kier molecular flexibility index (Phi) is 5.79. The molecular formula is C19H26N2O4. The quantitative estimate of drug-likeness (QED) is 0.852. The Morgan fingerprint density at radius 2 is 2.28 bits per heavy atom. The number of rotatable bonds is 6. The summed E-state index contributed by atoms with van der Waals surface area (Å²) in [7, 11) is 1.64. The first-order valence-corrected chi connectivity index (χ1v) is 9.00. The monoisotopic (exact) mass is 346 g/mol. The molecule has 1 atom stereocenters. The van der Waals surface area contributed by atoms with E-state index in [1.165, 1.54) is 0 Å². The van der Waals surface area contributed by atoms with Gasteiger partial charge in [0.25, 0.3) is 0 Å². The Balaban J connectivity index is 1.41. The first kappa shape index (κ1) is 17.6. The number of piperidine rings is 1. The molecule has 0 bridgehead atoms. The predicted molar refractivity (Wildman–Crippen MR) is 93.7 cm³/mol. The molecule has 0 radical (unpaired) electrons. The Bertz CT molecular complexity index is 632. The Hall–Kier alpha value is -2.24. The molecule has 0 saturated carbocycles. The second-order valence-corrected chi connectivity index (χ2v) is 6.75. The number of hydrogen-bond acceptors (Lipinski definition) is 4. The van der Waals surface area contributed by atoms with Gasteiger partial charge in [-0.2, -0.15) is 0 Å². The average molecular weight is 346 g/mol. The van der Waals surface area contributed by atoms with Gasteiger partial charge in [0, 0.05) is 44.5 Å². The van der Waals surface area contributed by atoms with Crippen LogP contribution < -0.4 is 14.8 Å². The molecule has 0 aliphatic carbocycles. The molecule has 2 aliphatic heterocycles.